The topological polar surface area (TPSA) is 97.0 Å². The molecule has 3 aromatic carbocycles. The Labute approximate surface area is 279 Å². The molecule has 1 spiro atoms. The van der Waals surface area contributed by atoms with Crippen LogP contribution in [0.1, 0.15) is 61.8 Å². The van der Waals surface area contributed by atoms with E-state index in [2.05, 4.69) is 33.2 Å². The molecule has 0 saturated carbocycles. The molecule has 6 rings (SSSR count). The molecule has 3 unspecified atom stereocenters. The van der Waals surface area contributed by atoms with E-state index in [4.69, 9.17) is 32.7 Å². The van der Waals surface area contributed by atoms with E-state index in [9.17, 15) is 14.4 Å². The van der Waals surface area contributed by atoms with Gasteiger partial charge in [-0.2, -0.15) is 0 Å². The van der Waals surface area contributed by atoms with Gasteiger partial charge < -0.3 is 25.0 Å². The molecule has 3 amide bonds. The van der Waals surface area contributed by atoms with E-state index < -0.39 is 17.4 Å². The van der Waals surface area contributed by atoms with Gasteiger partial charge in [0.1, 0.15) is 17.3 Å². The van der Waals surface area contributed by atoms with Gasteiger partial charge in [0, 0.05) is 63.1 Å². The number of rotatable bonds is 5. The summed E-state index contributed by atoms with van der Waals surface area (Å²) in [5, 5.41) is 7.29. The quantitative estimate of drug-likeness (QED) is 0.269. The highest BCUT2D eigenvalue weighted by molar-refractivity contribution is 14.1. The van der Waals surface area contributed by atoms with Gasteiger partial charge in [-0.05, 0) is 90.0 Å². The Balaban J connectivity index is 1.42. The van der Waals surface area contributed by atoms with Crippen molar-refractivity contribution < 1.29 is 23.9 Å². The Morgan fingerprint density at radius 2 is 1.77 bits per heavy atom. The fourth-order valence-corrected chi connectivity index (χ4v) is 7.62. The summed E-state index contributed by atoms with van der Waals surface area (Å²) in [4.78, 5) is 42.0. The number of benzene rings is 3. The minimum absolute atomic E-state index is 0.0946. The summed E-state index contributed by atoms with van der Waals surface area (Å²) in [7, 11) is 0. The summed E-state index contributed by atoms with van der Waals surface area (Å²) in [6, 6.07) is 17.8. The molecule has 0 aromatic heterocycles. The monoisotopic (exact) mass is 747 g/mol. The fourth-order valence-electron chi connectivity index (χ4n) is 6.73. The molecule has 3 atom stereocenters. The maximum atomic E-state index is 14.4. The molecule has 230 valence electrons. The van der Waals surface area contributed by atoms with Crippen LogP contribution < -0.4 is 15.4 Å². The maximum absolute atomic E-state index is 14.4. The molecule has 3 heterocycles. The highest BCUT2D eigenvalue weighted by Gasteiger charge is 2.61. The first-order valence-electron chi connectivity index (χ1n) is 14.6. The lowest BCUT2D eigenvalue weighted by Gasteiger charge is -2.47. The Hall–Kier alpha value is -3.02. The second-order valence-corrected chi connectivity index (χ2v) is 13.9. The molecule has 3 aliphatic rings. The Bertz CT molecular complexity index is 1630. The van der Waals surface area contributed by atoms with Gasteiger partial charge in [0.05, 0.1) is 12.1 Å². The van der Waals surface area contributed by atoms with Gasteiger partial charge >= 0.3 is 6.09 Å². The van der Waals surface area contributed by atoms with Crippen molar-refractivity contribution in [3.63, 3.8) is 0 Å². The van der Waals surface area contributed by atoms with Crippen molar-refractivity contribution in [2.75, 3.05) is 18.4 Å². The molecule has 0 radical (unpaired) electrons. The molecule has 44 heavy (non-hydrogen) atoms. The molecule has 0 bridgehead atoms. The molecule has 3 aliphatic heterocycles. The number of carbonyl (C=O) groups excluding carboxylic acids is 3. The lowest BCUT2D eigenvalue weighted by Crippen LogP contribution is -2.57. The molecule has 3 aromatic rings. The molecule has 2 N–H and O–H groups in total. The van der Waals surface area contributed by atoms with Crippen LogP contribution in [0.15, 0.2) is 60.7 Å². The average molecular weight is 748 g/mol. The van der Waals surface area contributed by atoms with Crippen LogP contribution in [0.5, 0.6) is 5.75 Å². The number of hydrogen-bond acceptors (Lipinski definition) is 5. The van der Waals surface area contributed by atoms with Crippen LogP contribution >= 0.6 is 45.8 Å². The largest absolute Gasteiger partial charge is 0.490 e. The predicted octanol–water partition coefficient (Wildman–Crippen LogP) is 7.22. The first-order chi connectivity index (χ1) is 21.1. The minimum atomic E-state index is -1.22. The van der Waals surface area contributed by atoms with Crippen LogP contribution in [0.2, 0.25) is 10.0 Å². The number of likely N-dealkylation sites (tertiary alicyclic amines) is 1. The van der Waals surface area contributed by atoms with Gasteiger partial charge in [-0.25, -0.2) is 4.79 Å². The summed E-state index contributed by atoms with van der Waals surface area (Å²) in [6.07, 6.45) is 0.657. The van der Waals surface area contributed by atoms with Crippen LogP contribution in [0, 0.1) is 3.57 Å². The van der Waals surface area contributed by atoms with Crippen molar-refractivity contribution >= 4 is 69.4 Å². The highest BCUT2D eigenvalue weighted by atomic mass is 127. The number of piperidine rings is 2. The zero-order valence-corrected chi connectivity index (χ0v) is 27.9. The predicted molar refractivity (Wildman–Crippen MR) is 177 cm³/mol. The van der Waals surface area contributed by atoms with E-state index in [1.165, 1.54) is 0 Å². The van der Waals surface area contributed by atoms with Crippen molar-refractivity contribution in [3.05, 3.63) is 91.0 Å². The third kappa shape index (κ3) is 5.74. The van der Waals surface area contributed by atoms with Crippen LogP contribution in [0.4, 0.5) is 10.5 Å². The normalized spacial score (nSPS) is 23.4. The van der Waals surface area contributed by atoms with E-state index in [-0.39, 0.29) is 36.5 Å². The molecule has 8 nitrogen and oxygen atoms in total. The SMILES string of the molecule is CC(C)OC(=O)N1CCC(Oc2ccc(I)cc2C2NC(=O)CC(c3cccc(Cl)c3)C23C(=O)Nc2cc(Cl)ccc23)CC1. The average Bonchev–Trinajstić information content (AvgIpc) is 3.25. The van der Waals surface area contributed by atoms with E-state index in [0.29, 0.717) is 53.0 Å². The molecule has 11 heteroatoms. The van der Waals surface area contributed by atoms with Crippen LogP contribution in [0.25, 0.3) is 0 Å². The molecule has 0 aliphatic carbocycles. The van der Waals surface area contributed by atoms with Crippen LogP contribution in [0.3, 0.4) is 0 Å². The zero-order valence-electron chi connectivity index (χ0n) is 24.2. The number of nitrogens with one attached hydrogen (secondary N) is 2. The lowest BCUT2D eigenvalue weighted by molar-refractivity contribution is -0.131. The number of halogens is 3. The minimum Gasteiger partial charge on any atom is -0.490 e. The Morgan fingerprint density at radius 3 is 2.50 bits per heavy atom. The smallest absolute Gasteiger partial charge is 0.410 e. The van der Waals surface area contributed by atoms with E-state index in [1.807, 2.05) is 56.3 Å². The molecular weight excluding hydrogens is 716 g/mol. The molecule has 2 fully saturated rings. The first-order valence-corrected chi connectivity index (χ1v) is 16.5. The van der Waals surface area contributed by atoms with Crippen molar-refractivity contribution in [2.24, 2.45) is 0 Å². The van der Waals surface area contributed by atoms with Gasteiger partial charge in [0.25, 0.3) is 0 Å². The number of anilines is 1. The van der Waals surface area contributed by atoms with Crippen molar-refractivity contribution in [1.82, 2.24) is 10.2 Å². The maximum Gasteiger partial charge on any atom is 0.410 e. The van der Waals surface area contributed by atoms with Crippen LogP contribution in [-0.4, -0.2) is 48.1 Å². The Kier molecular flexibility index (Phi) is 8.73. The summed E-state index contributed by atoms with van der Waals surface area (Å²) in [6.45, 7) is 4.68. The summed E-state index contributed by atoms with van der Waals surface area (Å²) >= 11 is 15.0. The number of amides is 3. The van der Waals surface area contributed by atoms with Crippen molar-refractivity contribution in [2.45, 2.75) is 62.7 Å². The van der Waals surface area contributed by atoms with Gasteiger partial charge in [0.15, 0.2) is 0 Å². The second kappa shape index (κ2) is 12.4. The van der Waals surface area contributed by atoms with Gasteiger partial charge in [-0.3, -0.25) is 9.59 Å². The standard InChI is InChI=1S/C33H32Cl2IN3O5/c1-18(2)43-32(42)39-12-10-23(11-13-39)44-28-9-7-22(36)16-24(28)30-33(25-8-6-21(35)15-27(25)37-31(33)41)26(17-29(40)38-30)19-4-3-5-20(34)14-19/h3-9,14-16,18,23,26,30H,10-13,17H2,1-2H3,(H,37,41)(H,38,40). The van der Waals surface area contributed by atoms with Gasteiger partial charge in [-0.15, -0.1) is 0 Å². The number of ether oxygens (including phenoxy) is 2. The lowest BCUT2D eigenvalue weighted by atomic mass is 9.59. The van der Waals surface area contributed by atoms with Crippen molar-refractivity contribution in [3.8, 4) is 5.75 Å². The second-order valence-electron chi connectivity index (χ2n) is 11.7. The number of fused-ring (bicyclic) bond motifs is 2. The van der Waals surface area contributed by atoms with E-state index in [1.54, 1.807) is 23.1 Å². The zero-order chi connectivity index (χ0) is 31.2. The van der Waals surface area contributed by atoms with Gasteiger partial charge in [-0.1, -0.05) is 41.4 Å². The summed E-state index contributed by atoms with van der Waals surface area (Å²) < 4.78 is 12.9. The summed E-state index contributed by atoms with van der Waals surface area (Å²) in [5.74, 6) is -0.349. The fraction of sp³-hybridized carbons (Fsp3) is 0.364. The Morgan fingerprint density at radius 1 is 1.02 bits per heavy atom. The third-order valence-corrected chi connectivity index (χ3v) is 9.76. The third-order valence-electron chi connectivity index (χ3n) is 8.62. The number of hydrogen-bond donors (Lipinski definition) is 2. The molecule has 2 saturated heterocycles. The van der Waals surface area contributed by atoms with Crippen LogP contribution in [-0.2, 0) is 19.7 Å². The van der Waals surface area contributed by atoms with Gasteiger partial charge in [0.2, 0.25) is 11.8 Å². The van der Waals surface area contributed by atoms with E-state index >= 15 is 0 Å². The summed E-state index contributed by atoms with van der Waals surface area (Å²) in [5.41, 5.74) is 1.65. The van der Waals surface area contributed by atoms with E-state index in [0.717, 1.165) is 14.7 Å². The highest BCUT2D eigenvalue weighted by Crippen LogP contribution is 2.58. The number of nitrogens with zero attached hydrogens (tertiary/aromatic N) is 1. The first kappa shape index (κ1) is 31.0. The van der Waals surface area contributed by atoms with Crippen molar-refractivity contribution in [1.29, 1.82) is 0 Å². The molecular formula is C33H32Cl2IN3O5. The number of carbonyl (C=O) groups is 3.